The standard InChI is InChI=1S/C9H7NO3S.C8H11NS/c11-8(12)5-13-9-10-6-3-1-2-4-7(6)14-9;1-9-7-5-3-4-6-8(7)10-2/h1-4H,5H2,(H,11,12);3-6,9H,1-2H3. The van der Waals surface area contributed by atoms with Crippen LogP contribution in [0.25, 0.3) is 10.2 Å². The number of ether oxygens (including phenoxy) is 1. The molecule has 0 radical (unpaired) electrons. The van der Waals surface area contributed by atoms with Crippen LogP contribution in [0, 0.1) is 0 Å². The van der Waals surface area contributed by atoms with Crippen molar-refractivity contribution in [3.05, 3.63) is 48.5 Å². The molecule has 1 aromatic heterocycles. The Hall–Kier alpha value is -2.25. The number of thioether (sulfide) groups is 1. The number of nitrogens with one attached hydrogen (secondary N) is 1. The molecule has 1 heterocycles. The lowest BCUT2D eigenvalue weighted by Crippen LogP contribution is -2.08. The molecule has 0 unspecified atom stereocenters. The Balaban J connectivity index is 0.000000185. The summed E-state index contributed by atoms with van der Waals surface area (Å²) in [4.78, 5) is 15.7. The fraction of sp³-hybridized carbons (Fsp3) is 0.176. The number of aliphatic carboxylic acids is 1. The highest BCUT2D eigenvalue weighted by Gasteiger charge is 2.05. The zero-order chi connectivity index (χ0) is 17.4. The Kier molecular flexibility index (Phi) is 6.89. The van der Waals surface area contributed by atoms with Crippen LogP contribution >= 0.6 is 23.1 Å². The van der Waals surface area contributed by atoms with Crippen LogP contribution in [-0.4, -0.2) is 36.0 Å². The Morgan fingerprint density at radius 2 is 1.96 bits per heavy atom. The van der Waals surface area contributed by atoms with Crippen molar-refractivity contribution >= 4 is 45.0 Å². The quantitative estimate of drug-likeness (QED) is 0.663. The minimum atomic E-state index is -0.996. The van der Waals surface area contributed by atoms with Gasteiger partial charge in [-0.2, -0.15) is 0 Å². The van der Waals surface area contributed by atoms with Crippen LogP contribution in [-0.2, 0) is 4.79 Å². The average molecular weight is 362 g/mol. The highest BCUT2D eigenvalue weighted by Crippen LogP contribution is 2.27. The van der Waals surface area contributed by atoms with Crippen LogP contribution < -0.4 is 10.1 Å². The second kappa shape index (κ2) is 9.14. The molecule has 24 heavy (non-hydrogen) atoms. The van der Waals surface area contributed by atoms with E-state index in [9.17, 15) is 4.79 Å². The molecule has 126 valence electrons. The third-order valence-corrected chi connectivity index (χ3v) is 4.71. The lowest BCUT2D eigenvalue weighted by molar-refractivity contribution is -0.139. The van der Waals surface area contributed by atoms with Gasteiger partial charge in [0.2, 0.25) is 0 Å². The maximum Gasteiger partial charge on any atom is 0.341 e. The number of aromatic nitrogens is 1. The van der Waals surface area contributed by atoms with E-state index in [4.69, 9.17) is 9.84 Å². The van der Waals surface area contributed by atoms with Crippen LogP contribution in [0.15, 0.2) is 53.4 Å². The summed E-state index contributed by atoms with van der Waals surface area (Å²) >= 11 is 3.10. The maximum atomic E-state index is 10.2. The first-order valence-corrected chi connectivity index (χ1v) is 9.19. The summed E-state index contributed by atoms with van der Waals surface area (Å²) in [6.45, 7) is -0.347. The molecule has 0 atom stereocenters. The highest BCUT2D eigenvalue weighted by atomic mass is 32.2. The van der Waals surface area contributed by atoms with Crippen molar-refractivity contribution in [1.29, 1.82) is 0 Å². The molecular weight excluding hydrogens is 344 g/mol. The summed E-state index contributed by atoms with van der Waals surface area (Å²) in [5, 5.41) is 11.9. The van der Waals surface area contributed by atoms with E-state index in [0.29, 0.717) is 5.19 Å². The molecule has 0 fully saturated rings. The van der Waals surface area contributed by atoms with Gasteiger partial charge in [-0.15, -0.1) is 11.8 Å². The zero-order valence-corrected chi connectivity index (χ0v) is 15.0. The van der Waals surface area contributed by atoms with E-state index in [0.717, 1.165) is 10.2 Å². The van der Waals surface area contributed by atoms with Gasteiger partial charge in [-0.1, -0.05) is 35.6 Å². The van der Waals surface area contributed by atoms with E-state index in [2.05, 4.69) is 28.7 Å². The van der Waals surface area contributed by atoms with Gasteiger partial charge in [0.25, 0.3) is 5.19 Å². The second-order valence-corrected chi connectivity index (χ2v) is 6.42. The average Bonchev–Trinajstić information content (AvgIpc) is 3.03. The number of anilines is 1. The van der Waals surface area contributed by atoms with Crippen LogP contribution in [0.3, 0.4) is 0 Å². The monoisotopic (exact) mass is 362 g/mol. The normalized spacial score (nSPS) is 9.92. The number of hydrogen-bond acceptors (Lipinski definition) is 6. The number of carbonyl (C=O) groups is 1. The lowest BCUT2D eigenvalue weighted by Gasteiger charge is -2.03. The summed E-state index contributed by atoms with van der Waals surface area (Å²) in [7, 11) is 1.94. The molecule has 0 aliphatic heterocycles. The Morgan fingerprint density at radius 3 is 2.58 bits per heavy atom. The number of thiazole rings is 1. The van der Waals surface area contributed by atoms with E-state index < -0.39 is 5.97 Å². The third-order valence-electron chi connectivity index (χ3n) is 2.97. The van der Waals surface area contributed by atoms with Gasteiger partial charge < -0.3 is 15.2 Å². The molecule has 3 rings (SSSR count). The van der Waals surface area contributed by atoms with Crippen molar-refractivity contribution in [2.75, 3.05) is 25.2 Å². The van der Waals surface area contributed by atoms with Crippen molar-refractivity contribution in [2.45, 2.75) is 4.90 Å². The van der Waals surface area contributed by atoms with Gasteiger partial charge in [0.1, 0.15) is 0 Å². The highest BCUT2D eigenvalue weighted by molar-refractivity contribution is 7.98. The van der Waals surface area contributed by atoms with Crippen LogP contribution in [0.1, 0.15) is 0 Å². The van der Waals surface area contributed by atoms with E-state index in [1.54, 1.807) is 11.8 Å². The molecule has 2 N–H and O–H groups in total. The minimum Gasteiger partial charge on any atom is -0.479 e. The SMILES string of the molecule is CNc1ccccc1SC.O=C(O)COc1nc2ccccc2s1. The number of carboxylic acid groups (broad SMARTS) is 1. The Bertz CT molecular complexity index is 749. The molecule has 0 bridgehead atoms. The topological polar surface area (TPSA) is 71.5 Å². The smallest absolute Gasteiger partial charge is 0.341 e. The molecule has 5 nitrogen and oxygen atoms in total. The first-order chi connectivity index (χ1) is 11.6. The predicted octanol–water partition coefficient (Wildman–Crippen LogP) is 4.21. The van der Waals surface area contributed by atoms with Gasteiger partial charge in [-0.25, -0.2) is 9.78 Å². The van der Waals surface area contributed by atoms with E-state index in [-0.39, 0.29) is 6.61 Å². The number of fused-ring (bicyclic) bond motifs is 1. The van der Waals surface area contributed by atoms with Crippen molar-refractivity contribution < 1.29 is 14.6 Å². The first kappa shape index (κ1) is 18.1. The number of rotatable bonds is 5. The molecule has 0 saturated carbocycles. The van der Waals surface area contributed by atoms with Crippen LogP contribution in [0.2, 0.25) is 0 Å². The van der Waals surface area contributed by atoms with Crippen LogP contribution in [0.4, 0.5) is 5.69 Å². The van der Waals surface area contributed by atoms with Gasteiger partial charge in [0, 0.05) is 17.6 Å². The third kappa shape index (κ3) is 5.14. The van der Waals surface area contributed by atoms with Gasteiger partial charge >= 0.3 is 5.97 Å². The lowest BCUT2D eigenvalue weighted by atomic mass is 10.3. The fourth-order valence-electron chi connectivity index (χ4n) is 1.89. The molecule has 0 aliphatic rings. The van der Waals surface area contributed by atoms with Crippen molar-refractivity contribution in [3.8, 4) is 5.19 Å². The summed E-state index contributed by atoms with van der Waals surface area (Å²) in [5.74, 6) is -0.996. The molecule has 0 spiro atoms. The van der Waals surface area contributed by atoms with E-state index in [1.807, 2.05) is 43.4 Å². The first-order valence-electron chi connectivity index (χ1n) is 7.15. The van der Waals surface area contributed by atoms with Gasteiger partial charge in [0.15, 0.2) is 6.61 Å². The van der Waals surface area contributed by atoms with Gasteiger partial charge in [-0.3, -0.25) is 0 Å². The Morgan fingerprint density at radius 1 is 1.25 bits per heavy atom. The molecule has 3 aromatic rings. The van der Waals surface area contributed by atoms with Crippen molar-refractivity contribution in [1.82, 2.24) is 4.98 Å². The van der Waals surface area contributed by atoms with Crippen molar-refractivity contribution in [2.24, 2.45) is 0 Å². The van der Waals surface area contributed by atoms with Crippen LogP contribution in [0.5, 0.6) is 5.19 Å². The van der Waals surface area contributed by atoms with Gasteiger partial charge in [-0.05, 0) is 30.5 Å². The summed E-state index contributed by atoms with van der Waals surface area (Å²) < 4.78 is 5.95. The Labute approximate surface area is 148 Å². The summed E-state index contributed by atoms with van der Waals surface area (Å²) in [6.07, 6.45) is 2.08. The number of carboxylic acids is 1. The molecule has 0 saturated heterocycles. The molecule has 0 amide bonds. The van der Waals surface area contributed by atoms with E-state index in [1.165, 1.54) is 21.9 Å². The molecule has 0 aliphatic carbocycles. The molecule has 7 heteroatoms. The zero-order valence-electron chi connectivity index (χ0n) is 13.4. The van der Waals surface area contributed by atoms with Gasteiger partial charge in [0.05, 0.1) is 10.2 Å². The summed E-state index contributed by atoms with van der Waals surface area (Å²) in [6, 6.07) is 15.8. The predicted molar refractivity (Wildman–Crippen MR) is 101 cm³/mol. The molecule has 2 aromatic carbocycles. The number of nitrogens with zero attached hydrogens (tertiary/aromatic N) is 1. The number of benzene rings is 2. The summed E-state index contributed by atoms with van der Waals surface area (Å²) in [5.41, 5.74) is 2.04. The van der Waals surface area contributed by atoms with E-state index >= 15 is 0 Å². The van der Waals surface area contributed by atoms with Crippen molar-refractivity contribution in [3.63, 3.8) is 0 Å². The maximum absolute atomic E-state index is 10.2. The second-order valence-electron chi connectivity index (χ2n) is 4.58. The minimum absolute atomic E-state index is 0.347. The number of para-hydroxylation sites is 2. The molecular formula is C17H18N2O3S2. The number of hydrogen-bond donors (Lipinski definition) is 2. The fourth-order valence-corrected chi connectivity index (χ4v) is 3.31. The largest absolute Gasteiger partial charge is 0.479 e.